The Bertz CT molecular complexity index is 1400. The number of anilines is 1. The highest BCUT2D eigenvalue weighted by molar-refractivity contribution is 6.34. The molecule has 0 spiro atoms. The zero-order valence-corrected chi connectivity index (χ0v) is 21.7. The Labute approximate surface area is 220 Å². The fourth-order valence-electron chi connectivity index (χ4n) is 3.49. The van der Waals surface area contributed by atoms with Crippen molar-refractivity contribution in [2.75, 3.05) is 5.32 Å². The number of nitrogens with zero attached hydrogens (tertiary/aromatic N) is 3. The molecule has 4 aromatic rings. The molecule has 4 rings (SSSR count). The molecule has 8 nitrogen and oxygen atoms in total. The molecule has 0 aliphatic carbocycles. The van der Waals surface area contributed by atoms with Gasteiger partial charge in [0.1, 0.15) is 0 Å². The Kier molecular flexibility index (Phi) is 8.35. The lowest BCUT2D eigenvalue weighted by Crippen LogP contribution is -2.34. The van der Waals surface area contributed by atoms with Gasteiger partial charge in [0.15, 0.2) is 0 Å². The average molecular weight is 528 g/mol. The number of nitrogens with one attached hydrogen (secondary N) is 2. The molecule has 0 atom stereocenters. The van der Waals surface area contributed by atoms with Crippen LogP contribution in [0.2, 0.25) is 5.02 Å². The fraction of sp³-hybridized carbons (Fsp3) is 0.231. The van der Waals surface area contributed by atoms with Gasteiger partial charge in [0.05, 0.1) is 52.2 Å². The van der Waals surface area contributed by atoms with E-state index in [0.29, 0.717) is 28.5 Å². The van der Waals surface area contributed by atoms with Gasteiger partial charge >= 0.3 is 0 Å². The predicted molar refractivity (Wildman–Crippen MR) is 143 cm³/mol. The number of fused-ring (bicyclic) bond motifs is 1. The number of aliphatic hydroxyl groups excluding tert-OH is 1. The summed E-state index contributed by atoms with van der Waals surface area (Å²) < 4.78 is 1.71. The van der Waals surface area contributed by atoms with Gasteiger partial charge in [-0.25, -0.2) is 4.68 Å². The molecule has 0 fully saturated rings. The molecule has 2 aromatic heterocycles. The first kappa shape index (κ1) is 27.1. The molecule has 188 valence electrons. The van der Waals surface area contributed by atoms with Crippen molar-refractivity contribution >= 4 is 52.4 Å². The molecule has 36 heavy (non-hydrogen) atoms. The molecule has 2 heterocycles. The van der Waals surface area contributed by atoms with Crippen LogP contribution in [0.4, 0.5) is 5.69 Å². The van der Waals surface area contributed by atoms with Crippen molar-refractivity contribution in [3.8, 4) is 5.69 Å². The number of aliphatic hydroxyl groups is 1. The van der Waals surface area contributed by atoms with Gasteiger partial charge in [-0.05, 0) is 42.0 Å². The van der Waals surface area contributed by atoms with E-state index in [1.54, 1.807) is 47.4 Å². The van der Waals surface area contributed by atoms with Crippen molar-refractivity contribution < 1.29 is 14.7 Å². The molecule has 2 amide bonds. The minimum absolute atomic E-state index is 0. The number of hydrogen-bond acceptors (Lipinski definition) is 5. The maximum absolute atomic E-state index is 13.1. The van der Waals surface area contributed by atoms with Gasteiger partial charge in [0.2, 0.25) is 5.91 Å². The third-order valence-corrected chi connectivity index (χ3v) is 5.82. The number of halogens is 2. The van der Waals surface area contributed by atoms with E-state index in [2.05, 4.69) is 20.7 Å². The van der Waals surface area contributed by atoms with Crippen molar-refractivity contribution in [1.82, 2.24) is 20.1 Å². The first-order valence-corrected chi connectivity index (χ1v) is 11.5. The summed E-state index contributed by atoms with van der Waals surface area (Å²) in [5.74, 6) is -0.448. The molecular formula is C26H27Cl2N5O3. The lowest BCUT2D eigenvalue weighted by molar-refractivity contribution is -0.128. The van der Waals surface area contributed by atoms with E-state index in [4.69, 9.17) is 11.6 Å². The lowest BCUT2D eigenvalue weighted by Gasteiger charge is -2.18. The van der Waals surface area contributed by atoms with Crippen LogP contribution in [0.1, 0.15) is 42.4 Å². The summed E-state index contributed by atoms with van der Waals surface area (Å²) in [7, 11) is 0. The number of aromatic nitrogens is 3. The normalized spacial score (nSPS) is 11.1. The van der Waals surface area contributed by atoms with Crippen LogP contribution in [0.3, 0.4) is 0 Å². The number of rotatable bonds is 6. The summed E-state index contributed by atoms with van der Waals surface area (Å²) >= 11 is 6.33. The van der Waals surface area contributed by atoms with Gasteiger partial charge in [0, 0.05) is 17.3 Å². The molecule has 0 saturated carbocycles. The fourth-order valence-corrected chi connectivity index (χ4v) is 3.70. The second-order valence-electron chi connectivity index (χ2n) is 9.16. The molecule has 0 bridgehead atoms. The number of carbonyl (C=O) groups excluding carboxylic acids is 2. The van der Waals surface area contributed by atoms with Crippen molar-refractivity contribution in [3.05, 3.63) is 82.8 Å². The van der Waals surface area contributed by atoms with Crippen LogP contribution in [-0.2, 0) is 17.9 Å². The van der Waals surface area contributed by atoms with Crippen LogP contribution in [0, 0.1) is 5.41 Å². The maximum atomic E-state index is 13.1. The van der Waals surface area contributed by atoms with E-state index in [1.807, 2.05) is 39.0 Å². The number of hydrogen-bond donors (Lipinski definition) is 3. The monoisotopic (exact) mass is 527 g/mol. The van der Waals surface area contributed by atoms with Crippen LogP contribution in [-0.4, -0.2) is 31.7 Å². The number of amides is 2. The van der Waals surface area contributed by atoms with Gasteiger partial charge in [0.25, 0.3) is 5.91 Å². The van der Waals surface area contributed by atoms with Crippen molar-refractivity contribution in [2.45, 2.75) is 33.9 Å². The minimum Gasteiger partial charge on any atom is -0.390 e. The second-order valence-corrected chi connectivity index (χ2v) is 9.57. The van der Waals surface area contributed by atoms with Gasteiger partial charge in [-0.2, -0.15) is 5.10 Å². The summed E-state index contributed by atoms with van der Waals surface area (Å²) in [4.78, 5) is 29.5. The Morgan fingerprint density at radius 1 is 1.08 bits per heavy atom. The van der Waals surface area contributed by atoms with Crippen LogP contribution in [0.15, 0.2) is 60.9 Å². The molecular weight excluding hydrogens is 501 g/mol. The largest absolute Gasteiger partial charge is 0.390 e. The SMILES string of the molecule is CC(C)(C)C(=O)NCc1ccc(Cl)c(C(=O)Nc2cccc3c2cnn3-c2ccc(CO)nc2)c1.Cl. The molecule has 10 heteroatoms. The van der Waals surface area contributed by atoms with Gasteiger partial charge in [-0.3, -0.25) is 14.6 Å². The molecule has 0 unspecified atom stereocenters. The van der Waals surface area contributed by atoms with Crippen molar-refractivity contribution in [2.24, 2.45) is 5.41 Å². The Balaban J connectivity index is 0.00000361. The topological polar surface area (TPSA) is 109 Å². The first-order chi connectivity index (χ1) is 16.7. The van der Waals surface area contributed by atoms with E-state index in [-0.39, 0.29) is 30.8 Å². The number of benzene rings is 2. The second kappa shape index (κ2) is 11.1. The molecule has 3 N–H and O–H groups in total. The molecule has 0 aliphatic heterocycles. The van der Waals surface area contributed by atoms with E-state index >= 15 is 0 Å². The predicted octanol–water partition coefficient (Wildman–Crippen LogP) is 4.90. The summed E-state index contributed by atoms with van der Waals surface area (Å²) in [5, 5.41) is 20.5. The van der Waals surface area contributed by atoms with Crippen LogP contribution >= 0.6 is 24.0 Å². The summed E-state index contributed by atoms with van der Waals surface area (Å²) in [5.41, 5.74) is 3.23. The summed E-state index contributed by atoms with van der Waals surface area (Å²) in [6, 6.07) is 14.2. The maximum Gasteiger partial charge on any atom is 0.257 e. The van der Waals surface area contributed by atoms with E-state index in [1.165, 1.54) is 0 Å². The standard InChI is InChI=1S/C26H26ClN5O3.ClH/c1-26(2,3)25(35)29-12-16-7-10-21(27)19(11-16)24(34)31-22-5-4-6-23-20(22)14-30-32(23)18-9-8-17(15-33)28-13-18;/h4-11,13-14,33H,12,15H2,1-3H3,(H,29,35)(H,31,34);1H. The van der Waals surface area contributed by atoms with E-state index < -0.39 is 5.41 Å². The zero-order chi connectivity index (χ0) is 25.2. The summed E-state index contributed by atoms with van der Waals surface area (Å²) in [6.07, 6.45) is 3.30. The third-order valence-electron chi connectivity index (χ3n) is 5.49. The Hall–Kier alpha value is -3.46. The Morgan fingerprint density at radius 3 is 2.53 bits per heavy atom. The highest BCUT2D eigenvalue weighted by atomic mass is 35.5. The number of pyridine rings is 1. The molecule has 0 radical (unpaired) electrons. The average Bonchev–Trinajstić information content (AvgIpc) is 3.28. The van der Waals surface area contributed by atoms with Gasteiger partial charge in [-0.15, -0.1) is 12.4 Å². The van der Waals surface area contributed by atoms with Crippen LogP contribution < -0.4 is 10.6 Å². The first-order valence-electron chi connectivity index (χ1n) is 11.1. The zero-order valence-electron chi connectivity index (χ0n) is 20.1. The van der Waals surface area contributed by atoms with Crippen molar-refractivity contribution in [3.63, 3.8) is 0 Å². The highest BCUT2D eigenvalue weighted by Gasteiger charge is 2.21. The van der Waals surface area contributed by atoms with E-state index in [9.17, 15) is 14.7 Å². The lowest BCUT2D eigenvalue weighted by atomic mass is 9.95. The summed E-state index contributed by atoms with van der Waals surface area (Å²) in [6.45, 7) is 5.67. The van der Waals surface area contributed by atoms with E-state index in [0.717, 1.165) is 22.2 Å². The Morgan fingerprint density at radius 2 is 1.86 bits per heavy atom. The molecule has 0 aliphatic rings. The third kappa shape index (κ3) is 5.84. The highest BCUT2D eigenvalue weighted by Crippen LogP contribution is 2.27. The smallest absolute Gasteiger partial charge is 0.257 e. The van der Waals surface area contributed by atoms with Crippen molar-refractivity contribution in [1.29, 1.82) is 0 Å². The molecule has 2 aromatic carbocycles. The van der Waals surface area contributed by atoms with Gasteiger partial charge in [-0.1, -0.05) is 44.5 Å². The van der Waals surface area contributed by atoms with Gasteiger partial charge < -0.3 is 15.7 Å². The van der Waals surface area contributed by atoms with Crippen LogP contribution in [0.5, 0.6) is 0 Å². The number of carbonyl (C=O) groups is 2. The quantitative estimate of drug-likeness (QED) is 0.330. The minimum atomic E-state index is -0.507. The van der Waals surface area contributed by atoms with Crippen LogP contribution in [0.25, 0.3) is 16.6 Å². The molecule has 0 saturated heterocycles.